The van der Waals surface area contributed by atoms with Gasteiger partial charge >= 0.3 is 0 Å². The molecule has 2 aliphatic heterocycles. The van der Waals surface area contributed by atoms with E-state index in [0.717, 1.165) is 19.5 Å². The van der Waals surface area contributed by atoms with Gasteiger partial charge in [0.05, 0.1) is 31.2 Å². The number of hydrogen-bond donors (Lipinski definition) is 2. The first-order chi connectivity index (χ1) is 12.9. The lowest BCUT2D eigenvalue weighted by atomic mass is 9.99. The molecular weight excluding hydrogens is 366 g/mol. The van der Waals surface area contributed by atoms with Gasteiger partial charge in [0, 0.05) is 24.7 Å². The number of amides is 1. The molecule has 1 unspecified atom stereocenters. The molecule has 1 amide bonds. The Morgan fingerprint density at radius 1 is 1.26 bits per heavy atom. The van der Waals surface area contributed by atoms with Crippen LogP contribution in [0.25, 0.3) is 0 Å². The van der Waals surface area contributed by atoms with E-state index in [1.807, 2.05) is 6.92 Å². The van der Waals surface area contributed by atoms with Crippen molar-refractivity contribution in [3.05, 3.63) is 24.3 Å². The Kier molecular flexibility index (Phi) is 6.52. The van der Waals surface area contributed by atoms with Crippen molar-refractivity contribution in [2.24, 2.45) is 5.92 Å². The van der Waals surface area contributed by atoms with E-state index >= 15 is 0 Å². The fraction of sp³-hybridized carbons (Fsp3) is 0.632. The van der Waals surface area contributed by atoms with E-state index < -0.39 is 10.0 Å². The summed E-state index contributed by atoms with van der Waals surface area (Å²) in [6.45, 7) is 7.81. The van der Waals surface area contributed by atoms with Crippen molar-refractivity contribution < 1.29 is 22.8 Å². The molecular formula is C19H30N3O4S+. The normalized spacial score (nSPS) is 25.7. The summed E-state index contributed by atoms with van der Waals surface area (Å²) in [5.41, 5.74) is 0.622. The summed E-state index contributed by atoms with van der Waals surface area (Å²) in [5, 5.41) is 2.92. The predicted molar refractivity (Wildman–Crippen MR) is 103 cm³/mol. The van der Waals surface area contributed by atoms with Crippen molar-refractivity contribution in [3.8, 4) is 0 Å². The Hall–Kier alpha value is -1.48. The summed E-state index contributed by atoms with van der Waals surface area (Å²) in [5.74, 6) is 0.622. The summed E-state index contributed by atoms with van der Waals surface area (Å²) in [7, 11) is -3.51. The first-order valence-electron chi connectivity index (χ1n) is 9.71. The summed E-state index contributed by atoms with van der Waals surface area (Å²) < 4.78 is 31.9. The molecule has 2 heterocycles. The van der Waals surface area contributed by atoms with Crippen molar-refractivity contribution in [2.75, 3.05) is 44.7 Å². The number of ether oxygens (including phenoxy) is 1. The van der Waals surface area contributed by atoms with Crippen molar-refractivity contribution in [2.45, 2.75) is 37.6 Å². The van der Waals surface area contributed by atoms with Crippen LogP contribution in [0.5, 0.6) is 0 Å². The first-order valence-corrected chi connectivity index (χ1v) is 11.2. The van der Waals surface area contributed by atoms with Gasteiger partial charge in [-0.05, 0) is 44.0 Å². The Bertz CT molecular complexity index is 745. The average Bonchev–Trinajstić information content (AvgIpc) is 2.68. The third-order valence-corrected chi connectivity index (χ3v) is 7.45. The highest BCUT2D eigenvalue weighted by Gasteiger charge is 2.30. The molecule has 2 aliphatic rings. The van der Waals surface area contributed by atoms with E-state index in [0.29, 0.717) is 37.9 Å². The Morgan fingerprint density at radius 2 is 1.93 bits per heavy atom. The Labute approximate surface area is 161 Å². The molecule has 0 bridgehead atoms. The number of quaternary nitrogens is 1. The number of nitrogens with zero attached hydrogens (tertiary/aromatic N) is 1. The van der Waals surface area contributed by atoms with Crippen molar-refractivity contribution >= 4 is 21.6 Å². The summed E-state index contributed by atoms with van der Waals surface area (Å²) in [6.07, 6.45) is 2.39. The fourth-order valence-corrected chi connectivity index (χ4v) is 5.21. The zero-order valence-electron chi connectivity index (χ0n) is 16.1. The highest BCUT2D eigenvalue weighted by Crippen LogP contribution is 2.19. The molecule has 0 aromatic heterocycles. The zero-order valence-corrected chi connectivity index (χ0v) is 16.9. The van der Waals surface area contributed by atoms with Gasteiger partial charge in [-0.1, -0.05) is 6.92 Å². The van der Waals surface area contributed by atoms with Gasteiger partial charge in [-0.3, -0.25) is 4.79 Å². The van der Waals surface area contributed by atoms with Crippen LogP contribution in [0.15, 0.2) is 29.2 Å². The van der Waals surface area contributed by atoms with Gasteiger partial charge in [0.25, 0.3) is 5.91 Å². The molecule has 0 radical (unpaired) electrons. The van der Waals surface area contributed by atoms with E-state index in [2.05, 4.69) is 12.2 Å². The highest BCUT2D eigenvalue weighted by atomic mass is 32.2. The smallest absolute Gasteiger partial charge is 0.282 e. The molecule has 27 heavy (non-hydrogen) atoms. The molecule has 7 nitrogen and oxygen atoms in total. The number of likely N-dealkylation sites (tertiary alicyclic amines) is 1. The van der Waals surface area contributed by atoms with Crippen LogP contribution in [-0.4, -0.2) is 64.1 Å². The van der Waals surface area contributed by atoms with E-state index in [9.17, 15) is 13.2 Å². The third-order valence-electron chi connectivity index (χ3n) is 5.54. The average molecular weight is 397 g/mol. The lowest BCUT2D eigenvalue weighted by Gasteiger charge is -2.31. The van der Waals surface area contributed by atoms with E-state index in [1.165, 1.54) is 15.6 Å². The van der Waals surface area contributed by atoms with Crippen LogP contribution < -0.4 is 10.2 Å². The monoisotopic (exact) mass is 396 g/mol. The van der Waals surface area contributed by atoms with Gasteiger partial charge in [0.15, 0.2) is 6.04 Å². The molecule has 3 rings (SSSR count). The van der Waals surface area contributed by atoms with Crippen LogP contribution >= 0.6 is 0 Å². The van der Waals surface area contributed by atoms with Crippen LogP contribution in [0, 0.1) is 5.92 Å². The van der Waals surface area contributed by atoms with Crippen LogP contribution in [-0.2, 0) is 19.6 Å². The number of benzene rings is 1. The van der Waals surface area contributed by atoms with Gasteiger partial charge in [-0.15, -0.1) is 0 Å². The lowest BCUT2D eigenvalue weighted by molar-refractivity contribution is -0.922. The maximum atomic E-state index is 12.6. The number of nitrogens with one attached hydrogen (secondary N) is 2. The minimum Gasteiger partial charge on any atom is -0.379 e. The maximum Gasteiger partial charge on any atom is 0.282 e. The maximum absolute atomic E-state index is 12.6. The molecule has 1 aromatic carbocycles. The zero-order chi connectivity index (χ0) is 19.4. The van der Waals surface area contributed by atoms with E-state index in [-0.39, 0.29) is 16.8 Å². The second-order valence-corrected chi connectivity index (χ2v) is 9.55. The molecule has 2 fully saturated rings. The molecule has 3 atom stereocenters. The Morgan fingerprint density at radius 3 is 2.56 bits per heavy atom. The second kappa shape index (κ2) is 8.68. The second-order valence-electron chi connectivity index (χ2n) is 7.61. The highest BCUT2D eigenvalue weighted by molar-refractivity contribution is 7.89. The number of carbonyl (C=O) groups is 1. The molecule has 2 saturated heterocycles. The van der Waals surface area contributed by atoms with Gasteiger partial charge < -0.3 is 15.0 Å². The topological polar surface area (TPSA) is 80.2 Å². The number of morpholine rings is 1. The molecule has 8 heteroatoms. The molecule has 150 valence electrons. The number of piperidine rings is 1. The number of sulfonamides is 1. The largest absolute Gasteiger partial charge is 0.379 e. The van der Waals surface area contributed by atoms with E-state index in [1.54, 1.807) is 24.3 Å². The van der Waals surface area contributed by atoms with Gasteiger partial charge in [0.2, 0.25) is 10.0 Å². The number of rotatable bonds is 5. The quantitative estimate of drug-likeness (QED) is 0.753. The van der Waals surface area contributed by atoms with E-state index in [4.69, 9.17) is 4.74 Å². The summed E-state index contributed by atoms with van der Waals surface area (Å²) >= 11 is 0. The first kappa shape index (κ1) is 20.3. The van der Waals surface area contributed by atoms with Gasteiger partial charge in [-0.2, -0.15) is 4.31 Å². The summed E-state index contributed by atoms with van der Waals surface area (Å²) in [4.78, 5) is 14.1. The predicted octanol–water partition coefficient (Wildman–Crippen LogP) is 0.349. The van der Waals surface area contributed by atoms with Crippen LogP contribution in [0.2, 0.25) is 0 Å². The minimum absolute atomic E-state index is 0.0251. The third kappa shape index (κ3) is 4.87. The van der Waals surface area contributed by atoms with Crippen LogP contribution in [0.3, 0.4) is 0 Å². The SMILES string of the molecule is C[C@@H]1CCC[NH+]([C@@H](C)C(=O)Nc2ccc(S(=O)(=O)N3CCOCC3)cc2)C1. The number of hydrogen-bond acceptors (Lipinski definition) is 4. The van der Waals surface area contributed by atoms with Crippen molar-refractivity contribution in [1.29, 1.82) is 0 Å². The van der Waals surface area contributed by atoms with Crippen molar-refractivity contribution in [3.63, 3.8) is 0 Å². The number of anilines is 1. The standard InChI is InChI=1S/C19H29N3O4S/c1-15-4-3-9-21(14-15)16(2)19(23)20-17-5-7-18(8-6-17)27(24,25)22-10-12-26-13-11-22/h5-8,15-16H,3-4,9-14H2,1-2H3,(H,20,23)/p+1/t15-,16+/m1/s1. The molecule has 1 aromatic rings. The van der Waals surface area contributed by atoms with Gasteiger partial charge in [0.1, 0.15) is 0 Å². The Balaban J connectivity index is 1.62. The van der Waals surface area contributed by atoms with Gasteiger partial charge in [-0.25, -0.2) is 8.42 Å². The molecule has 0 spiro atoms. The van der Waals surface area contributed by atoms with Crippen molar-refractivity contribution in [1.82, 2.24) is 4.31 Å². The molecule has 2 N–H and O–H groups in total. The summed E-state index contributed by atoms with van der Waals surface area (Å²) in [6, 6.07) is 6.31. The molecule has 0 aliphatic carbocycles. The number of carbonyl (C=O) groups excluding carboxylic acids is 1. The fourth-order valence-electron chi connectivity index (χ4n) is 3.80. The minimum atomic E-state index is -3.51. The lowest BCUT2D eigenvalue weighted by Crippen LogP contribution is -3.17. The molecule has 0 saturated carbocycles. The van der Waals surface area contributed by atoms with Crippen LogP contribution in [0.4, 0.5) is 5.69 Å². The van der Waals surface area contributed by atoms with Crippen LogP contribution in [0.1, 0.15) is 26.7 Å².